The predicted octanol–water partition coefficient (Wildman–Crippen LogP) is 2.28. The molecule has 0 heterocycles. The van der Waals surface area contributed by atoms with Crippen LogP contribution in [0.5, 0.6) is 0 Å². The number of unbranched alkanes of at least 4 members (excludes halogenated alkanes) is 2. The first-order chi connectivity index (χ1) is 7.72. The Kier molecular flexibility index (Phi) is 5.50. The third-order valence-electron chi connectivity index (χ3n) is 2.22. The summed E-state index contributed by atoms with van der Waals surface area (Å²) in [5, 5.41) is 2.65. The topological polar surface area (TPSA) is 55.1 Å². The zero-order chi connectivity index (χ0) is 11.8. The van der Waals surface area contributed by atoms with Crippen LogP contribution >= 0.6 is 0 Å². The molecule has 0 aliphatic carbocycles. The minimum absolute atomic E-state index is 0.0809. The number of rotatable bonds is 6. The minimum Gasteiger partial charge on any atom is -0.330 e. The molecule has 88 valence electrons. The molecule has 3 N–H and O–H groups in total. The smallest absolute Gasteiger partial charge is 0.224 e. The summed E-state index contributed by atoms with van der Waals surface area (Å²) in [6, 6.07) is 5.88. The molecule has 0 fully saturated rings. The summed E-state index contributed by atoms with van der Waals surface area (Å²) in [5.74, 6) is -0.427. The van der Waals surface area contributed by atoms with Crippen LogP contribution in [-0.4, -0.2) is 12.5 Å². The average molecular weight is 224 g/mol. The van der Waals surface area contributed by atoms with Gasteiger partial charge in [0.2, 0.25) is 5.91 Å². The van der Waals surface area contributed by atoms with Gasteiger partial charge in [0.25, 0.3) is 0 Å². The standard InChI is InChI=1S/C12H17FN2O/c13-10-5-4-6-11(9-10)15-12(16)7-2-1-3-8-14/h4-6,9H,1-3,7-8,14H2,(H,15,16). The van der Waals surface area contributed by atoms with Crippen LogP contribution in [0.15, 0.2) is 24.3 Å². The maximum absolute atomic E-state index is 12.8. The number of carbonyl (C=O) groups is 1. The normalized spacial score (nSPS) is 10.1. The lowest BCUT2D eigenvalue weighted by Crippen LogP contribution is -2.11. The van der Waals surface area contributed by atoms with E-state index in [1.807, 2.05) is 0 Å². The monoisotopic (exact) mass is 224 g/mol. The van der Waals surface area contributed by atoms with Crippen molar-refractivity contribution in [3.63, 3.8) is 0 Å². The number of amides is 1. The first-order valence-electron chi connectivity index (χ1n) is 5.48. The van der Waals surface area contributed by atoms with Crippen molar-refractivity contribution in [3.05, 3.63) is 30.1 Å². The van der Waals surface area contributed by atoms with E-state index < -0.39 is 0 Å². The number of anilines is 1. The molecule has 0 saturated heterocycles. The Morgan fingerprint density at radius 3 is 2.81 bits per heavy atom. The Balaban J connectivity index is 2.29. The molecule has 0 aromatic heterocycles. The third kappa shape index (κ3) is 4.89. The maximum atomic E-state index is 12.8. The predicted molar refractivity (Wildman–Crippen MR) is 62.6 cm³/mol. The van der Waals surface area contributed by atoms with Crippen LogP contribution in [-0.2, 0) is 4.79 Å². The molecular weight excluding hydrogens is 207 g/mol. The van der Waals surface area contributed by atoms with Crippen molar-refractivity contribution >= 4 is 11.6 Å². The highest BCUT2D eigenvalue weighted by molar-refractivity contribution is 5.90. The molecule has 1 aromatic rings. The highest BCUT2D eigenvalue weighted by atomic mass is 19.1. The average Bonchev–Trinajstić information content (AvgIpc) is 2.24. The second-order valence-electron chi connectivity index (χ2n) is 3.66. The van der Waals surface area contributed by atoms with Crippen LogP contribution in [0.25, 0.3) is 0 Å². The zero-order valence-electron chi connectivity index (χ0n) is 9.21. The fourth-order valence-electron chi connectivity index (χ4n) is 1.40. The molecular formula is C12H17FN2O. The van der Waals surface area contributed by atoms with Crippen LogP contribution < -0.4 is 11.1 Å². The van der Waals surface area contributed by atoms with Crippen molar-refractivity contribution in [1.82, 2.24) is 0 Å². The van der Waals surface area contributed by atoms with E-state index in [-0.39, 0.29) is 11.7 Å². The van der Waals surface area contributed by atoms with Gasteiger partial charge in [-0.2, -0.15) is 0 Å². The van der Waals surface area contributed by atoms with Gasteiger partial charge < -0.3 is 11.1 Å². The Labute approximate surface area is 94.8 Å². The molecule has 1 aromatic carbocycles. The van der Waals surface area contributed by atoms with Crippen molar-refractivity contribution < 1.29 is 9.18 Å². The van der Waals surface area contributed by atoms with E-state index in [0.29, 0.717) is 18.7 Å². The van der Waals surface area contributed by atoms with Crippen molar-refractivity contribution in [2.75, 3.05) is 11.9 Å². The molecule has 0 unspecified atom stereocenters. The summed E-state index contributed by atoms with van der Waals surface area (Å²) < 4.78 is 12.8. The van der Waals surface area contributed by atoms with Gasteiger partial charge >= 0.3 is 0 Å². The maximum Gasteiger partial charge on any atom is 0.224 e. The van der Waals surface area contributed by atoms with E-state index in [1.54, 1.807) is 12.1 Å². The lowest BCUT2D eigenvalue weighted by molar-refractivity contribution is -0.116. The molecule has 0 aliphatic rings. The molecule has 3 nitrogen and oxygen atoms in total. The van der Waals surface area contributed by atoms with Crippen LogP contribution in [0.2, 0.25) is 0 Å². The molecule has 0 saturated carbocycles. The Morgan fingerprint density at radius 1 is 1.31 bits per heavy atom. The summed E-state index contributed by atoms with van der Waals surface area (Å²) in [7, 11) is 0. The molecule has 0 spiro atoms. The lowest BCUT2D eigenvalue weighted by atomic mass is 10.2. The SMILES string of the molecule is NCCCCCC(=O)Nc1cccc(F)c1. The van der Waals surface area contributed by atoms with Crippen molar-refractivity contribution in [2.45, 2.75) is 25.7 Å². The molecule has 0 aliphatic heterocycles. The van der Waals surface area contributed by atoms with Gasteiger partial charge in [0.05, 0.1) is 0 Å². The number of carbonyl (C=O) groups excluding carboxylic acids is 1. The molecule has 0 bridgehead atoms. The highest BCUT2D eigenvalue weighted by Gasteiger charge is 2.02. The number of hydrogen-bond donors (Lipinski definition) is 2. The summed E-state index contributed by atoms with van der Waals surface area (Å²) in [5.41, 5.74) is 5.85. The summed E-state index contributed by atoms with van der Waals surface area (Å²) >= 11 is 0. The summed E-state index contributed by atoms with van der Waals surface area (Å²) in [6.07, 6.45) is 3.16. The number of nitrogens with one attached hydrogen (secondary N) is 1. The number of benzene rings is 1. The van der Waals surface area contributed by atoms with E-state index in [0.717, 1.165) is 19.3 Å². The van der Waals surface area contributed by atoms with Gasteiger partial charge in [-0.1, -0.05) is 12.5 Å². The van der Waals surface area contributed by atoms with Gasteiger partial charge in [0.15, 0.2) is 0 Å². The first-order valence-corrected chi connectivity index (χ1v) is 5.48. The Morgan fingerprint density at radius 2 is 2.12 bits per heavy atom. The molecule has 1 rings (SSSR count). The quantitative estimate of drug-likeness (QED) is 0.728. The van der Waals surface area contributed by atoms with E-state index in [4.69, 9.17) is 5.73 Å². The first kappa shape index (κ1) is 12.6. The van der Waals surface area contributed by atoms with Crippen LogP contribution in [0, 0.1) is 5.82 Å². The van der Waals surface area contributed by atoms with E-state index in [1.165, 1.54) is 12.1 Å². The van der Waals surface area contributed by atoms with E-state index >= 15 is 0 Å². The third-order valence-corrected chi connectivity index (χ3v) is 2.22. The van der Waals surface area contributed by atoms with E-state index in [9.17, 15) is 9.18 Å². The zero-order valence-corrected chi connectivity index (χ0v) is 9.21. The van der Waals surface area contributed by atoms with Gasteiger partial charge in [-0.25, -0.2) is 4.39 Å². The van der Waals surface area contributed by atoms with Crippen LogP contribution in [0.4, 0.5) is 10.1 Å². The highest BCUT2D eigenvalue weighted by Crippen LogP contribution is 2.10. The van der Waals surface area contributed by atoms with Gasteiger partial charge in [0, 0.05) is 12.1 Å². The van der Waals surface area contributed by atoms with Crippen LogP contribution in [0.3, 0.4) is 0 Å². The second-order valence-corrected chi connectivity index (χ2v) is 3.66. The molecule has 4 heteroatoms. The van der Waals surface area contributed by atoms with E-state index in [2.05, 4.69) is 5.32 Å². The van der Waals surface area contributed by atoms with Gasteiger partial charge in [-0.05, 0) is 37.6 Å². The molecule has 16 heavy (non-hydrogen) atoms. The second kappa shape index (κ2) is 6.95. The minimum atomic E-state index is -0.346. The number of nitrogens with two attached hydrogens (primary N) is 1. The fourth-order valence-corrected chi connectivity index (χ4v) is 1.40. The fraction of sp³-hybridized carbons (Fsp3) is 0.417. The van der Waals surface area contributed by atoms with Gasteiger partial charge in [-0.15, -0.1) is 0 Å². The summed E-state index contributed by atoms with van der Waals surface area (Å²) in [6.45, 7) is 0.658. The summed E-state index contributed by atoms with van der Waals surface area (Å²) in [4.78, 5) is 11.4. The lowest BCUT2D eigenvalue weighted by Gasteiger charge is -2.04. The van der Waals surface area contributed by atoms with Gasteiger partial charge in [-0.3, -0.25) is 4.79 Å². The molecule has 1 amide bonds. The van der Waals surface area contributed by atoms with Crippen molar-refractivity contribution in [3.8, 4) is 0 Å². The largest absolute Gasteiger partial charge is 0.330 e. The van der Waals surface area contributed by atoms with Gasteiger partial charge in [0.1, 0.15) is 5.82 Å². The number of hydrogen-bond acceptors (Lipinski definition) is 2. The molecule has 0 radical (unpaired) electrons. The van der Waals surface area contributed by atoms with Crippen LogP contribution in [0.1, 0.15) is 25.7 Å². The molecule has 0 atom stereocenters. The number of halogens is 1. The van der Waals surface area contributed by atoms with Crippen molar-refractivity contribution in [1.29, 1.82) is 0 Å². The Hall–Kier alpha value is -1.42. The van der Waals surface area contributed by atoms with Crippen molar-refractivity contribution in [2.24, 2.45) is 5.73 Å². The Bertz CT molecular complexity index is 342.